The lowest BCUT2D eigenvalue weighted by Gasteiger charge is -2.24. The highest BCUT2D eigenvalue weighted by Crippen LogP contribution is 2.22. The van der Waals surface area contributed by atoms with Crippen LogP contribution in [0.5, 0.6) is 0 Å². The lowest BCUT2D eigenvalue weighted by atomic mass is 10.1. The Morgan fingerprint density at radius 3 is 2.80 bits per heavy atom. The van der Waals surface area contributed by atoms with Gasteiger partial charge in [-0.3, -0.25) is 4.90 Å². The van der Waals surface area contributed by atoms with Crippen molar-refractivity contribution in [1.82, 2.24) is 4.90 Å². The van der Waals surface area contributed by atoms with Crippen molar-refractivity contribution in [3.05, 3.63) is 34.1 Å². The van der Waals surface area contributed by atoms with Crippen LogP contribution in [0.25, 0.3) is 0 Å². The van der Waals surface area contributed by atoms with Crippen LogP contribution in [0.2, 0.25) is 0 Å². The molecule has 20 heavy (non-hydrogen) atoms. The fourth-order valence-corrected chi connectivity index (χ4v) is 2.38. The molecule has 1 aromatic carbocycles. The minimum Gasteiger partial charge on any atom is -0.409 e. The number of nitrogens with two attached hydrogens (primary N) is 1. The first-order valence-electron chi connectivity index (χ1n) is 6.55. The summed E-state index contributed by atoms with van der Waals surface area (Å²) in [7, 11) is 0. The molecule has 0 amide bonds. The Bertz CT molecular complexity index is 466. The van der Waals surface area contributed by atoms with E-state index in [1.807, 2.05) is 6.07 Å². The third-order valence-electron chi connectivity index (χ3n) is 2.86. The second-order valence-corrected chi connectivity index (χ2v) is 5.98. The van der Waals surface area contributed by atoms with Gasteiger partial charge in [0.15, 0.2) is 0 Å². The maximum Gasteiger partial charge on any atom is 0.140 e. The molecular formula is C14H21BrFN3O. The van der Waals surface area contributed by atoms with Crippen LogP contribution in [0.3, 0.4) is 0 Å². The molecule has 0 fully saturated rings. The monoisotopic (exact) mass is 345 g/mol. The van der Waals surface area contributed by atoms with Crippen LogP contribution in [-0.4, -0.2) is 29.0 Å². The molecule has 0 aliphatic heterocycles. The van der Waals surface area contributed by atoms with Crippen molar-refractivity contribution in [2.75, 3.05) is 13.1 Å². The molecule has 1 aromatic rings. The van der Waals surface area contributed by atoms with Crippen LogP contribution < -0.4 is 5.73 Å². The number of hydrogen-bond donors (Lipinski definition) is 2. The first-order chi connectivity index (χ1) is 9.43. The van der Waals surface area contributed by atoms with Gasteiger partial charge in [-0.1, -0.05) is 31.1 Å². The minimum atomic E-state index is -0.261. The summed E-state index contributed by atoms with van der Waals surface area (Å²) in [6.45, 7) is 6.39. The normalized spacial score (nSPS) is 12.4. The summed E-state index contributed by atoms with van der Waals surface area (Å²) in [5, 5.41) is 11.6. The van der Waals surface area contributed by atoms with Gasteiger partial charge in [0.1, 0.15) is 11.7 Å². The van der Waals surface area contributed by atoms with Gasteiger partial charge >= 0.3 is 0 Å². The molecule has 0 aliphatic carbocycles. The molecule has 0 aromatic heterocycles. The molecule has 0 bridgehead atoms. The SMILES string of the molecule is CC(C)CN(CC/C(N)=N/O)Cc1cccc(F)c1Br. The molecule has 0 unspecified atom stereocenters. The summed E-state index contributed by atoms with van der Waals surface area (Å²) in [6.07, 6.45) is 0.482. The summed E-state index contributed by atoms with van der Waals surface area (Å²) in [5.74, 6) is 0.426. The fourth-order valence-electron chi connectivity index (χ4n) is 1.99. The Balaban J connectivity index is 2.75. The zero-order chi connectivity index (χ0) is 15.1. The third kappa shape index (κ3) is 5.46. The summed E-state index contributed by atoms with van der Waals surface area (Å²) in [4.78, 5) is 2.17. The molecule has 0 atom stereocenters. The Kier molecular flexibility index (Phi) is 6.95. The van der Waals surface area contributed by atoms with E-state index in [2.05, 4.69) is 39.8 Å². The van der Waals surface area contributed by atoms with Crippen LogP contribution >= 0.6 is 15.9 Å². The lowest BCUT2D eigenvalue weighted by molar-refractivity contribution is 0.240. The molecule has 3 N–H and O–H groups in total. The number of amidine groups is 1. The van der Waals surface area contributed by atoms with Crippen molar-refractivity contribution >= 4 is 21.8 Å². The summed E-state index contributed by atoms with van der Waals surface area (Å²) >= 11 is 3.28. The Labute approximate surface area is 127 Å². The molecule has 0 radical (unpaired) electrons. The number of hydrogen-bond acceptors (Lipinski definition) is 3. The number of rotatable bonds is 7. The van der Waals surface area contributed by atoms with Crippen LogP contribution in [0.15, 0.2) is 27.8 Å². The number of oxime groups is 1. The molecule has 4 nitrogen and oxygen atoms in total. The van der Waals surface area contributed by atoms with Crippen molar-refractivity contribution in [2.45, 2.75) is 26.8 Å². The van der Waals surface area contributed by atoms with Gasteiger partial charge in [0.05, 0.1) is 4.47 Å². The highest BCUT2D eigenvalue weighted by atomic mass is 79.9. The number of benzene rings is 1. The molecule has 0 aliphatic rings. The maximum absolute atomic E-state index is 13.5. The average molecular weight is 346 g/mol. The third-order valence-corrected chi connectivity index (χ3v) is 3.75. The molecule has 0 saturated carbocycles. The van der Waals surface area contributed by atoms with Gasteiger partial charge in [-0.15, -0.1) is 0 Å². The standard InChI is InChI=1S/C14H21BrFN3O/c1-10(2)8-19(7-6-13(17)18-20)9-11-4-3-5-12(16)14(11)15/h3-5,10,20H,6-9H2,1-2H3,(H2,17,18). The van der Waals surface area contributed by atoms with Crippen LogP contribution in [-0.2, 0) is 6.54 Å². The van der Waals surface area contributed by atoms with E-state index in [0.717, 1.165) is 12.1 Å². The molecule has 0 spiro atoms. The highest BCUT2D eigenvalue weighted by molar-refractivity contribution is 9.10. The Morgan fingerprint density at radius 2 is 2.20 bits per heavy atom. The van der Waals surface area contributed by atoms with Crippen molar-refractivity contribution in [3.8, 4) is 0 Å². The van der Waals surface area contributed by atoms with E-state index in [4.69, 9.17) is 10.9 Å². The second-order valence-electron chi connectivity index (χ2n) is 5.18. The predicted molar refractivity (Wildman–Crippen MR) is 82.2 cm³/mol. The molecule has 6 heteroatoms. The van der Waals surface area contributed by atoms with Gasteiger partial charge in [-0.05, 0) is 33.5 Å². The average Bonchev–Trinajstić information content (AvgIpc) is 2.40. The Hall–Kier alpha value is -1.14. The topological polar surface area (TPSA) is 61.8 Å². The predicted octanol–water partition coefficient (Wildman–Crippen LogP) is 3.18. The summed E-state index contributed by atoms with van der Waals surface area (Å²) < 4.78 is 14.0. The van der Waals surface area contributed by atoms with Gasteiger partial charge in [0, 0.05) is 26.1 Å². The summed E-state index contributed by atoms with van der Waals surface area (Å²) in [6, 6.07) is 5.02. The van der Waals surface area contributed by atoms with Crippen LogP contribution in [0, 0.1) is 11.7 Å². The van der Waals surface area contributed by atoms with Crippen molar-refractivity contribution < 1.29 is 9.60 Å². The zero-order valence-corrected chi connectivity index (χ0v) is 13.4. The van der Waals surface area contributed by atoms with Crippen molar-refractivity contribution in [1.29, 1.82) is 0 Å². The van der Waals surface area contributed by atoms with E-state index in [1.165, 1.54) is 6.07 Å². The smallest absolute Gasteiger partial charge is 0.140 e. The molecule has 112 valence electrons. The second kappa shape index (κ2) is 8.21. The fraction of sp³-hybridized carbons (Fsp3) is 0.500. The van der Waals surface area contributed by atoms with Crippen molar-refractivity contribution in [3.63, 3.8) is 0 Å². The van der Waals surface area contributed by atoms with Crippen LogP contribution in [0.1, 0.15) is 25.8 Å². The van der Waals surface area contributed by atoms with E-state index in [-0.39, 0.29) is 11.7 Å². The first kappa shape index (κ1) is 16.9. The number of nitrogens with zero attached hydrogens (tertiary/aromatic N) is 2. The number of halogens is 2. The van der Waals surface area contributed by atoms with Gasteiger partial charge in [0.25, 0.3) is 0 Å². The van der Waals surface area contributed by atoms with Gasteiger partial charge < -0.3 is 10.9 Å². The van der Waals surface area contributed by atoms with Crippen molar-refractivity contribution in [2.24, 2.45) is 16.8 Å². The quantitative estimate of drug-likeness (QED) is 0.345. The zero-order valence-electron chi connectivity index (χ0n) is 11.8. The maximum atomic E-state index is 13.5. The minimum absolute atomic E-state index is 0.206. The summed E-state index contributed by atoms with van der Waals surface area (Å²) in [5.41, 5.74) is 6.40. The van der Waals surface area contributed by atoms with E-state index in [9.17, 15) is 4.39 Å². The largest absolute Gasteiger partial charge is 0.409 e. The van der Waals surface area contributed by atoms with Crippen LogP contribution in [0.4, 0.5) is 4.39 Å². The lowest BCUT2D eigenvalue weighted by Crippen LogP contribution is -2.31. The van der Waals surface area contributed by atoms with E-state index >= 15 is 0 Å². The Morgan fingerprint density at radius 1 is 1.50 bits per heavy atom. The molecule has 1 rings (SSSR count). The van der Waals surface area contributed by atoms with Gasteiger partial charge in [0.2, 0.25) is 0 Å². The van der Waals surface area contributed by atoms with Gasteiger partial charge in [-0.2, -0.15) is 0 Å². The van der Waals surface area contributed by atoms with Gasteiger partial charge in [-0.25, -0.2) is 4.39 Å². The molecule has 0 saturated heterocycles. The molecular weight excluding hydrogens is 325 g/mol. The highest BCUT2D eigenvalue weighted by Gasteiger charge is 2.12. The van der Waals surface area contributed by atoms with E-state index < -0.39 is 0 Å². The molecule has 0 heterocycles. The van der Waals surface area contributed by atoms with E-state index in [1.54, 1.807) is 6.07 Å². The van der Waals surface area contributed by atoms with E-state index in [0.29, 0.717) is 29.9 Å². The first-order valence-corrected chi connectivity index (χ1v) is 7.35.